The molecule has 1 N–H and O–H groups in total. The second-order valence-corrected chi connectivity index (χ2v) is 5.97. The number of hydrogen-bond acceptors (Lipinski definition) is 4. The molecule has 2 unspecified atom stereocenters. The molecular formula is C18H21NO3. The molecule has 1 aromatic rings. The number of likely N-dealkylation sites (tertiary alicyclic amines) is 1. The molecule has 1 aromatic carbocycles. The van der Waals surface area contributed by atoms with Gasteiger partial charge in [0, 0.05) is 29.8 Å². The smallest absolute Gasteiger partial charge is 0.165 e. The van der Waals surface area contributed by atoms with Crippen molar-refractivity contribution in [1.29, 1.82) is 0 Å². The molecule has 5 rings (SSSR count). The van der Waals surface area contributed by atoms with Gasteiger partial charge in [-0.1, -0.05) is 18.2 Å². The number of methoxy groups -OCH3 is 1. The molecule has 1 spiro atoms. The average Bonchev–Trinajstić information content (AvgIpc) is 2.93. The molecule has 0 saturated carbocycles. The summed E-state index contributed by atoms with van der Waals surface area (Å²) in [6, 6.07) is -2.98. The maximum Gasteiger partial charge on any atom is 0.165 e. The Hall–Kier alpha value is -1.52. The van der Waals surface area contributed by atoms with Crippen molar-refractivity contribution in [3.8, 4) is 11.5 Å². The van der Waals surface area contributed by atoms with E-state index in [0.717, 1.165) is 11.0 Å². The normalized spacial score (nSPS) is 59.1. The molecule has 2 aliphatic carbocycles. The number of aliphatic hydroxyl groups is 1. The molecular weight excluding hydrogens is 278 g/mol. The van der Waals surface area contributed by atoms with Gasteiger partial charge in [-0.2, -0.15) is 0 Å². The molecule has 4 aliphatic rings. The van der Waals surface area contributed by atoms with Crippen LogP contribution < -0.4 is 9.47 Å². The number of nitrogens with zero attached hydrogens (tertiary/aromatic N) is 1. The van der Waals surface area contributed by atoms with Crippen molar-refractivity contribution in [3.05, 3.63) is 35.4 Å². The zero-order valence-electron chi connectivity index (χ0n) is 23.4. The van der Waals surface area contributed by atoms with Crippen LogP contribution in [0.5, 0.6) is 11.5 Å². The van der Waals surface area contributed by atoms with Crippen LogP contribution in [-0.2, 0) is 11.8 Å². The van der Waals surface area contributed by atoms with Gasteiger partial charge in [-0.25, -0.2) is 0 Å². The van der Waals surface area contributed by atoms with E-state index in [4.69, 9.17) is 25.9 Å². The number of hydrogen-bond donors (Lipinski definition) is 1. The van der Waals surface area contributed by atoms with E-state index in [9.17, 15) is 5.11 Å². The Bertz CT molecular complexity index is 1130. The molecule has 2 aliphatic heterocycles. The van der Waals surface area contributed by atoms with Gasteiger partial charge in [0.15, 0.2) is 11.5 Å². The van der Waals surface area contributed by atoms with E-state index < -0.39 is 79.1 Å². The van der Waals surface area contributed by atoms with E-state index in [0.29, 0.717) is 0 Å². The minimum Gasteiger partial charge on any atom is -0.493 e. The molecule has 0 aromatic heterocycles. The predicted octanol–water partition coefficient (Wildman–Crippen LogP) is 1.50. The van der Waals surface area contributed by atoms with Gasteiger partial charge < -0.3 is 19.5 Å². The summed E-state index contributed by atoms with van der Waals surface area (Å²) in [6.07, 6.45) is -5.71. The second kappa shape index (κ2) is 4.06. The fraction of sp³-hybridized carbons (Fsp3) is 0.556. The maximum atomic E-state index is 10.9. The van der Waals surface area contributed by atoms with Crippen LogP contribution >= 0.6 is 0 Å². The number of ether oxygens (including phenoxy) is 2. The Kier molecular flexibility index (Phi) is 1.08. The van der Waals surface area contributed by atoms with Crippen LogP contribution in [0.4, 0.5) is 0 Å². The van der Waals surface area contributed by atoms with Crippen LogP contribution in [-0.4, -0.2) is 48.8 Å². The van der Waals surface area contributed by atoms with Gasteiger partial charge in [0.05, 0.1) is 16.6 Å². The Labute approximate surface area is 147 Å². The molecule has 2 heterocycles. The van der Waals surface area contributed by atoms with Crippen molar-refractivity contribution >= 4 is 0 Å². The standard InChI is InChI=1S/C18H21NO3/c1-19-8-7-18-11-4-5-13(20)17(18)22-16-14(21-2)6-3-10(15(16)18)9-12(11)19/h3-6,11-13,17,20H,7-9H2,1-2H3/t11-,12+,13?,17?,18-/m0/s1/i1D3,2D3,3D,6D,9D2,13D,17D. The fourth-order valence-electron chi connectivity index (χ4n) is 4.23. The minimum atomic E-state index is -3.08. The highest BCUT2D eigenvalue weighted by atomic mass is 16.5. The van der Waals surface area contributed by atoms with Gasteiger partial charge in [-0.15, -0.1) is 0 Å². The maximum absolute atomic E-state index is 10.9. The number of piperidine rings is 1. The molecule has 22 heavy (non-hydrogen) atoms. The van der Waals surface area contributed by atoms with E-state index in [1.54, 1.807) is 0 Å². The fourth-order valence-corrected chi connectivity index (χ4v) is 4.23. The summed E-state index contributed by atoms with van der Waals surface area (Å²) in [6.45, 7) is -2.97. The first-order chi connectivity index (χ1) is 15.3. The first-order valence-electron chi connectivity index (χ1n) is 13.1. The van der Waals surface area contributed by atoms with Gasteiger partial charge in [-0.05, 0) is 37.9 Å². The van der Waals surface area contributed by atoms with E-state index in [2.05, 4.69) is 0 Å². The molecule has 1 fully saturated rings. The van der Waals surface area contributed by atoms with Gasteiger partial charge in [0.2, 0.25) is 0 Å². The molecule has 2 bridgehead atoms. The SMILES string of the molecule is [2H]c1c([2H])c2c3c(c1OC([2H])([2H])[2H])OC1([2H])C([2H])(O)C=C[C@H]4[C@H](N(C([2H])([2H])[2H])CC[C@@]341)C2([2H])[2H]. The van der Waals surface area contributed by atoms with Crippen molar-refractivity contribution in [2.24, 2.45) is 5.92 Å². The number of likely N-dealkylation sites (N-methyl/N-ethyl adjacent to an activating group) is 1. The highest BCUT2D eigenvalue weighted by molar-refractivity contribution is 5.62. The van der Waals surface area contributed by atoms with Crippen molar-refractivity contribution in [2.75, 3.05) is 20.6 Å². The van der Waals surface area contributed by atoms with Crippen LogP contribution in [0.25, 0.3) is 0 Å². The first-order valence-corrected chi connectivity index (χ1v) is 7.06. The van der Waals surface area contributed by atoms with Crippen LogP contribution in [0.15, 0.2) is 24.2 Å². The lowest BCUT2D eigenvalue weighted by atomic mass is 9.53. The number of rotatable bonds is 1. The van der Waals surface area contributed by atoms with E-state index in [1.165, 1.54) is 6.08 Å². The Morgan fingerprint density at radius 3 is 3.41 bits per heavy atom. The van der Waals surface area contributed by atoms with Crippen molar-refractivity contribution in [2.45, 2.75) is 36.4 Å². The third-order valence-corrected chi connectivity index (χ3v) is 5.12. The average molecular weight is 311 g/mol. The first kappa shape index (κ1) is 5.84. The van der Waals surface area contributed by atoms with Crippen LogP contribution in [0.2, 0.25) is 0 Å². The van der Waals surface area contributed by atoms with Gasteiger partial charge >= 0.3 is 0 Å². The van der Waals surface area contributed by atoms with Crippen molar-refractivity contribution < 1.29 is 31.0 Å². The largest absolute Gasteiger partial charge is 0.493 e. The lowest BCUT2D eigenvalue weighted by Gasteiger charge is -2.56. The quantitative estimate of drug-likeness (QED) is 0.798. The highest BCUT2D eigenvalue weighted by Gasteiger charge is 2.64. The monoisotopic (exact) mass is 311 g/mol. The molecule has 116 valence electrons. The van der Waals surface area contributed by atoms with Gasteiger partial charge in [0.25, 0.3) is 0 Å². The molecule has 0 amide bonds. The molecule has 1 saturated heterocycles. The van der Waals surface area contributed by atoms with Gasteiger partial charge in [0.1, 0.15) is 12.2 Å². The van der Waals surface area contributed by atoms with Crippen LogP contribution in [0.3, 0.4) is 0 Å². The summed E-state index contributed by atoms with van der Waals surface area (Å²) in [7, 11) is -3.08. The highest BCUT2D eigenvalue weighted by Crippen LogP contribution is 2.62. The zero-order chi connectivity index (χ0) is 25.4. The molecule has 5 atom stereocenters. The summed E-state index contributed by atoms with van der Waals surface area (Å²) >= 11 is 0. The number of benzene rings is 1. The Morgan fingerprint density at radius 2 is 2.55 bits per heavy atom. The summed E-state index contributed by atoms with van der Waals surface area (Å²) in [5.74, 6) is -2.27. The summed E-state index contributed by atoms with van der Waals surface area (Å²) < 4.78 is 109. The van der Waals surface area contributed by atoms with E-state index in [-0.39, 0.29) is 18.5 Å². The molecule has 4 nitrogen and oxygen atoms in total. The second-order valence-electron chi connectivity index (χ2n) is 5.97. The molecule has 4 heteroatoms. The third kappa shape index (κ3) is 1.28. The van der Waals surface area contributed by atoms with Crippen molar-refractivity contribution in [1.82, 2.24) is 4.90 Å². The van der Waals surface area contributed by atoms with Crippen molar-refractivity contribution in [3.63, 3.8) is 0 Å². The summed E-state index contributed by atoms with van der Waals surface area (Å²) in [5, 5.41) is 10.9. The molecule has 0 radical (unpaired) electrons. The minimum absolute atomic E-state index is 0.116. The third-order valence-electron chi connectivity index (χ3n) is 5.12. The predicted molar refractivity (Wildman–Crippen MR) is 82.5 cm³/mol. The van der Waals surface area contributed by atoms with E-state index in [1.807, 2.05) is 0 Å². The lowest BCUT2D eigenvalue weighted by molar-refractivity contribution is -0.0453. The van der Waals surface area contributed by atoms with Crippen LogP contribution in [0, 0.1) is 5.92 Å². The van der Waals surface area contributed by atoms with Gasteiger partial charge in [-0.3, -0.25) is 0 Å². The summed E-state index contributed by atoms with van der Waals surface area (Å²) in [4.78, 5) is 0.971. The van der Waals surface area contributed by atoms with E-state index >= 15 is 0 Å². The Balaban J connectivity index is 1.93. The summed E-state index contributed by atoms with van der Waals surface area (Å²) in [5.41, 5.74) is -2.23. The lowest BCUT2D eigenvalue weighted by Crippen LogP contribution is -2.64. The van der Waals surface area contributed by atoms with Crippen LogP contribution in [0.1, 0.15) is 34.0 Å². The zero-order valence-corrected chi connectivity index (χ0v) is 11.4. The Morgan fingerprint density at radius 1 is 1.59 bits per heavy atom. The topological polar surface area (TPSA) is 41.9 Å².